The van der Waals surface area contributed by atoms with Crippen molar-refractivity contribution < 1.29 is 4.74 Å². The van der Waals surface area contributed by atoms with Gasteiger partial charge >= 0.3 is 0 Å². The highest BCUT2D eigenvalue weighted by molar-refractivity contribution is 5.79. The van der Waals surface area contributed by atoms with Gasteiger partial charge in [0.1, 0.15) is 5.75 Å². The summed E-state index contributed by atoms with van der Waals surface area (Å²) in [5, 5.41) is 6.67. The van der Waals surface area contributed by atoms with E-state index in [1.807, 2.05) is 20.0 Å². The monoisotopic (exact) mass is 320 g/mol. The van der Waals surface area contributed by atoms with E-state index in [9.17, 15) is 0 Å². The van der Waals surface area contributed by atoms with Crippen LogP contribution in [-0.4, -0.2) is 31.1 Å². The molecule has 0 fully saturated rings. The van der Waals surface area contributed by atoms with Gasteiger partial charge in [0.15, 0.2) is 5.96 Å². The smallest absolute Gasteiger partial charge is 0.191 e. The quantitative estimate of drug-likeness (QED) is 0.439. The van der Waals surface area contributed by atoms with Crippen LogP contribution in [0.15, 0.2) is 11.2 Å². The van der Waals surface area contributed by atoms with Gasteiger partial charge in [-0.25, -0.2) is 4.99 Å². The van der Waals surface area contributed by atoms with E-state index in [0.29, 0.717) is 6.54 Å². The number of hydrogen-bond donors (Lipinski definition) is 2. The molecule has 0 aliphatic carbocycles. The number of rotatable bonds is 8. The van der Waals surface area contributed by atoms with Crippen LogP contribution in [0.25, 0.3) is 0 Å². The number of nitrogens with one attached hydrogen (secondary N) is 2. The van der Waals surface area contributed by atoms with Crippen LogP contribution >= 0.6 is 0 Å². The number of pyridine rings is 1. The van der Waals surface area contributed by atoms with Crippen LogP contribution in [0.5, 0.6) is 5.75 Å². The second-order valence-corrected chi connectivity index (χ2v) is 6.20. The molecule has 2 N–H and O–H groups in total. The Morgan fingerprint density at radius 2 is 2.04 bits per heavy atom. The Morgan fingerprint density at radius 3 is 2.65 bits per heavy atom. The first kappa shape index (κ1) is 19.3. The molecular formula is C18H32N4O. The van der Waals surface area contributed by atoms with Crippen LogP contribution in [0.1, 0.15) is 50.4 Å². The Kier molecular flexibility index (Phi) is 8.45. The lowest BCUT2D eigenvalue weighted by Gasteiger charge is -2.13. The summed E-state index contributed by atoms with van der Waals surface area (Å²) in [6, 6.07) is 0. The van der Waals surface area contributed by atoms with Crippen molar-refractivity contribution in [2.75, 3.05) is 20.2 Å². The van der Waals surface area contributed by atoms with Crippen molar-refractivity contribution in [1.82, 2.24) is 15.6 Å². The Hall–Kier alpha value is -1.78. The van der Waals surface area contributed by atoms with Gasteiger partial charge in [0, 0.05) is 30.4 Å². The molecule has 5 nitrogen and oxygen atoms in total. The van der Waals surface area contributed by atoms with Gasteiger partial charge in [-0.1, -0.05) is 13.8 Å². The van der Waals surface area contributed by atoms with Crippen LogP contribution in [-0.2, 0) is 6.54 Å². The van der Waals surface area contributed by atoms with Gasteiger partial charge in [0.25, 0.3) is 0 Å². The number of hydrogen-bond acceptors (Lipinski definition) is 3. The third-order valence-electron chi connectivity index (χ3n) is 3.73. The van der Waals surface area contributed by atoms with Gasteiger partial charge in [0.2, 0.25) is 0 Å². The normalized spacial score (nSPS) is 11.7. The van der Waals surface area contributed by atoms with Crippen LogP contribution < -0.4 is 15.4 Å². The summed E-state index contributed by atoms with van der Waals surface area (Å²) in [5.41, 5.74) is 3.06. The van der Waals surface area contributed by atoms with Gasteiger partial charge in [-0.2, -0.15) is 0 Å². The third-order valence-corrected chi connectivity index (χ3v) is 3.73. The van der Waals surface area contributed by atoms with E-state index in [4.69, 9.17) is 4.74 Å². The van der Waals surface area contributed by atoms with E-state index < -0.39 is 0 Å². The summed E-state index contributed by atoms with van der Waals surface area (Å²) >= 11 is 0. The molecule has 1 rings (SSSR count). The third kappa shape index (κ3) is 6.47. The molecule has 0 spiro atoms. The number of ether oxygens (including phenoxy) is 1. The molecule has 0 saturated carbocycles. The van der Waals surface area contributed by atoms with Crippen molar-refractivity contribution in [3.8, 4) is 5.75 Å². The molecule has 130 valence electrons. The number of guanidine groups is 1. The Balaban J connectivity index is 2.70. The highest BCUT2D eigenvalue weighted by atomic mass is 16.5. The van der Waals surface area contributed by atoms with Crippen molar-refractivity contribution >= 4 is 5.96 Å². The fourth-order valence-corrected chi connectivity index (χ4v) is 2.44. The number of aromatic nitrogens is 1. The molecule has 0 amide bonds. The molecule has 1 aromatic rings. The first-order valence-corrected chi connectivity index (χ1v) is 8.50. The summed E-state index contributed by atoms with van der Waals surface area (Å²) < 4.78 is 5.45. The predicted octanol–water partition coefficient (Wildman–Crippen LogP) is 3.20. The number of nitrogens with zero attached hydrogens (tertiary/aromatic N) is 2. The lowest BCUT2D eigenvalue weighted by atomic mass is 10.1. The summed E-state index contributed by atoms with van der Waals surface area (Å²) in [5.74, 6) is 2.49. The van der Waals surface area contributed by atoms with Gasteiger partial charge in [0.05, 0.1) is 19.3 Å². The van der Waals surface area contributed by atoms with Crippen molar-refractivity contribution in [2.24, 2.45) is 10.9 Å². The zero-order valence-electron chi connectivity index (χ0n) is 15.5. The zero-order valence-corrected chi connectivity index (χ0v) is 15.5. The first-order chi connectivity index (χ1) is 11.0. The molecule has 0 unspecified atom stereocenters. The van der Waals surface area contributed by atoms with E-state index in [0.717, 1.165) is 54.0 Å². The summed E-state index contributed by atoms with van der Waals surface area (Å²) in [6.45, 7) is 12.9. The van der Waals surface area contributed by atoms with Gasteiger partial charge in [-0.3, -0.25) is 4.98 Å². The minimum Gasteiger partial charge on any atom is -0.496 e. The average Bonchev–Trinajstić information content (AvgIpc) is 2.50. The maximum atomic E-state index is 5.45. The van der Waals surface area contributed by atoms with E-state index in [-0.39, 0.29) is 0 Å². The number of methoxy groups -OCH3 is 1. The predicted molar refractivity (Wildman–Crippen MR) is 97.2 cm³/mol. The Bertz CT molecular complexity index is 512. The van der Waals surface area contributed by atoms with Crippen LogP contribution in [0.4, 0.5) is 0 Å². The highest BCUT2D eigenvalue weighted by Gasteiger charge is 2.09. The minimum atomic E-state index is 0.544. The van der Waals surface area contributed by atoms with E-state index in [1.165, 1.54) is 6.42 Å². The largest absolute Gasteiger partial charge is 0.496 e. The van der Waals surface area contributed by atoms with E-state index in [1.54, 1.807) is 7.11 Å². The molecule has 0 aromatic carbocycles. The van der Waals surface area contributed by atoms with Crippen molar-refractivity contribution in [3.05, 3.63) is 23.0 Å². The van der Waals surface area contributed by atoms with Crippen molar-refractivity contribution in [1.29, 1.82) is 0 Å². The second-order valence-electron chi connectivity index (χ2n) is 6.20. The van der Waals surface area contributed by atoms with Crippen LogP contribution in [0.3, 0.4) is 0 Å². The molecule has 0 aliphatic rings. The van der Waals surface area contributed by atoms with Crippen molar-refractivity contribution in [2.45, 2.75) is 54.0 Å². The molecule has 23 heavy (non-hydrogen) atoms. The Morgan fingerprint density at radius 1 is 1.30 bits per heavy atom. The first-order valence-electron chi connectivity index (χ1n) is 8.50. The summed E-state index contributed by atoms with van der Waals surface area (Å²) in [6.07, 6.45) is 4.22. The molecule has 0 aliphatic heterocycles. The maximum absolute atomic E-state index is 5.45. The van der Waals surface area contributed by atoms with E-state index >= 15 is 0 Å². The molecule has 1 aromatic heterocycles. The topological polar surface area (TPSA) is 58.5 Å². The zero-order chi connectivity index (χ0) is 17.2. The van der Waals surface area contributed by atoms with Gasteiger partial charge in [-0.15, -0.1) is 0 Å². The minimum absolute atomic E-state index is 0.544. The molecule has 0 radical (unpaired) electrons. The molecule has 0 saturated heterocycles. The molecular weight excluding hydrogens is 288 g/mol. The second kappa shape index (κ2) is 10.1. The van der Waals surface area contributed by atoms with Gasteiger partial charge in [-0.05, 0) is 39.5 Å². The highest BCUT2D eigenvalue weighted by Crippen LogP contribution is 2.24. The fraction of sp³-hybridized carbons (Fsp3) is 0.667. The molecule has 0 atom stereocenters. The fourth-order valence-electron chi connectivity index (χ4n) is 2.44. The van der Waals surface area contributed by atoms with Crippen LogP contribution in [0, 0.1) is 19.8 Å². The standard InChI is InChI=1S/C18H32N4O/c1-7-19-18(20-10-8-9-13(2)3)22-12-16-15(5)17(23-6)14(4)11-21-16/h11,13H,7-10,12H2,1-6H3,(H2,19,20,22). The Labute approximate surface area is 141 Å². The van der Waals surface area contributed by atoms with Gasteiger partial charge < -0.3 is 15.4 Å². The lowest BCUT2D eigenvalue weighted by Crippen LogP contribution is -2.37. The van der Waals surface area contributed by atoms with Crippen molar-refractivity contribution in [3.63, 3.8) is 0 Å². The summed E-state index contributed by atoms with van der Waals surface area (Å²) in [7, 11) is 1.70. The molecule has 1 heterocycles. The summed E-state index contributed by atoms with van der Waals surface area (Å²) in [4.78, 5) is 9.14. The number of aryl methyl sites for hydroxylation is 1. The SMILES string of the molecule is CCNC(=NCc1ncc(C)c(OC)c1C)NCCCC(C)C. The number of aliphatic imine (C=N–C) groups is 1. The van der Waals surface area contributed by atoms with Crippen LogP contribution in [0.2, 0.25) is 0 Å². The van der Waals surface area contributed by atoms with E-state index in [2.05, 4.69) is 41.4 Å². The maximum Gasteiger partial charge on any atom is 0.191 e. The molecule has 0 bridgehead atoms. The average molecular weight is 320 g/mol. The molecule has 5 heteroatoms. The lowest BCUT2D eigenvalue weighted by molar-refractivity contribution is 0.407.